The summed E-state index contributed by atoms with van der Waals surface area (Å²) in [5.74, 6) is -0.718. The van der Waals surface area contributed by atoms with E-state index in [1.807, 2.05) is 30.7 Å². The number of aromatic nitrogens is 4. The van der Waals surface area contributed by atoms with E-state index in [-0.39, 0.29) is 5.91 Å². The molecule has 31 heavy (non-hydrogen) atoms. The number of benzene rings is 1. The molecule has 0 saturated carbocycles. The van der Waals surface area contributed by atoms with E-state index >= 15 is 0 Å². The van der Waals surface area contributed by atoms with Gasteiger partial charge >= 0.3 is 0 Å². The molecule has 0 aliphatic carbocycles. The van der Waals surface area contributed by atoms with Crippen molar-refractivity contribution in [2.45, 2.75) is 33.2 Å². The summed E-state index contributed by atoms with van der Waals surface area (Å²) in [5.41, 5.74) is 4.54. The monoisotopic (exact) mass is 433 g/mol. The number of pyridine rings is 1. The minimum atomic E-state index is -0.397. The van der Waals surface area contributed by atoms with Crippen LogP contribution in [-0.4, -0.2) is 25.7 Å². The largest absolute Gasteiger partial charge is 0.298 e. The van der Waals surface area contributed by atoms with Crippen LogP contribution < -0.4 is 5.32 Å². The molecule has 0 fully saturated rings. The van der Waals surface area contributed by atoms with Crippen LogP contribution in [-0.2, 0) is 13.0 Å². The Kier molecular flexibility index (Phi) is 4.86. The van der Waals surface area contributed by atoms with Crippen molar-refractivity contribution < 1.29 is 9.18 Å². The van der Waals surface area contributed by atoms with Gasteiger partial charge in [0.1, 0.15) is 17.2 Å². The van der Waals surface area contributed by atoms with Gasteiger partial charge in [-0.1, -0.05) is 18.2 Å². The maximum atomic E-state index is 14.5. The van der Waals surface area contributed by atoms with Gasteiger partial charge in [-0.05, 0) is 50.5 Å². The summed E-state index contributed by atoms with van der Waals surface area (Å²) in [4.78, 5) is 23.3. The second-order valence-electron chi connectivity index (χ2n) is 7.58. The fourth-order valence-electron chi connectivity index (χ4n) is 3.87. The van der Waals surface area contributed by atoms with Gasteiger partial charge in [0, 0.05) is 23.2 Å². The number of hydrogen-bond acceptors (Lipinski definition) is 5. The van der Waals surface area contributed by atoms with Crippen molar-refractivity contribution in [1.29, 1.82) is 0 Å². The SMILES string of the molecule is Cc1ccc(-c2nc(NC(=O)c3c(-c4ccccc4F)nn4c3CCC4)sc2C)nc1. The lowest BCUT2D eigenvalue weighted by Gasteiger charge is -2.06. The molecular formula is C23H20FN5OS. The predicted molar refractivity (Wildman–Crippen MR) is 119 cm³/mol. The highest BCUT2D eigenvalue weighted by molar-refractivity contribution is 7.16. The Hall–Kier alpha value is -3.39. The first-order chi connectivity index (χ1) is 15.0. The number of nitrogens with one attached hydrogen (secondary N) is 1. The van der Waals surface area contributed by atoms with E-state index < -0.39 is 5.82 Å². The van der Waals surface area contributed by atoms with Crippen molar-refractivity contribution in [2.24, 2.45) is 0 Å². The molecule has 4 aromatic rings. The van der Waals surface area contributed by atoms with Crippen LogP contribution in [0.3, 0.4) is 0 Å². The molecular weight excluding hydrogens is 413 g/mol. The molecule has 0 bridgehead atoms. The molecule has 1 aliphatic rings. The van der Waals surface area contributed by atoms with Gasteiger partial charge in [0.2, 0.25) is 0 Å². The molecule has 8 heteroatoms. The molecule has 0 unspecified atom stereocenters. The van der Waals surface area contributed by atoms with E-state index in [0.29, 0.717) is 22.0 Å². The second-order valence-corrected chi connectivity index (χ2v) is 8.78. The second kappa shape index (κ2) is 7.70. The van der Waals surface area contributed by atoms with E-state index in [1.54, 1.807) is 24.4 Å². The van der Waals surface area contributed by atoms with Gasteiger partial charge in [0.15, 0.2) is 5.13 Å². The lowest BCUT2D eigenvalue weighted by Crippen LogP contribution is -2.14. The molecule has 4 heterocycles. The normalized spacial score (nSPS) is 12.7. The van der Waals surface area contributed by atoms with Gasteiger partial charge < -0.3 is 0 Å². The Morgan fingerprint density at radius 3 is 2.77 bits per heavy atom. The summed E-state index contributed by atoms with van der Waals surface area (Å²) < 4.78 is 16.3. The van der Waals surface area contributed by atoms with Crippen molar-refractivity contribution in [3.8, 4) is 22.6 Å². The van der Waals surface area contributed by atoms with Crippen LogP contribution in [0.1, 0.15) is 32.9 Å². The number of rotatable bonds is 4. The highest BCUT2D eigenvalue weighted by atomic mass is 32.1. The molecule has 0 saturated heterocycles. The number of carbonyl (C=O) groups excluding carboxylic acids is 1. The minimum Gasteiger partial charge on any atom is -0.298 e. The molecule has 0 atom stereocenters. The third-order valence-corrected chi connectivity index (χ3v) is 6.25. The molecule has 6 nitrogen and oxygen atoms in total. The number of thiazole rings is 1. The lowest BCUT2D eigenvalue weighted by atomic mass is 10.0. The van der Waals surface area contributed by atoms with Crippen LogP contribution >= 0.6 is 11.3 Å². The zero-order chi connectivity index (χ0) is 21.5. The van der Waals surface area contributed by atoms with E-state index in [2.05, 4.69) is 20.4 Å². The Bertz CT molecular complexity index is 1290. The fraction of sp³-hybridized carbons (Fsp3) is 0.217. The number of fused-ring (bicyclic) bond motifs is 1. The third kappa shape index (κ3) is 3.53. The molecule has 1 amide bonds. The highest BCUT2D eigenvalue weighted by Crippen LogP contribution is 2.33. The first-order valence-corrected chi connectivity index (χ1v) is 10.9. The Morgan fingerprint density at radius 1 is 1.16 bits per heavy atom. The molecule has 0 radical (unpaired) electrons. The molecule has 156 valence electrons. The summed E-state index contributed by atoms with van der Waals surface area (Å²) >= 11 is 1.39. The van der Waals surface area contributed by atoms with E-state index in [4.69, 9.17) is 0 Å². The number of anilines is 1. The molecule has 1 N–H and O–H groups in total. The van der Waals surface area contributed by atoms with Crippen molar-refractivity contribution in [2.75, 3.05) is 5.32 Å². The zero-order valence-corrected chi connectivity index (χ0v) is 18.0. The number of carbonyl (C=O) groups is 1. The van der Waals surface area contributed by atoms with Gasteiger partial charge in [0.05, 0.1) is 17.0 Å². The molecule has 3 aromatic heterocycles. The lowest BCUT2D eigenvalue weighted by molar-refractivity contribution is 0.102. The van der Waals surface area contributed by atoms with Crippen LogP contribution in [0.25, 0.3) is 22.6 Å². The first kappa shape index (κ1) is 19.6. The fourth-order valence-corrected chi connectivity index (χ4v) is 4.69. The topological polar surface area (TPSA) is 72.7 Å². The number of aryl methyl sites for hydroxylation is 3. The number of amides is 1. The van der Waals surface area contributed by atoms with Crippen LogP contribution in [0, 0.1) is 19.7 Å². The van der Waals surface area contributed by atoms with Crippen molar-refractivity contribution in [3.05, 3.63) is 70.1 Å². The molecule has 0 spiro atoms. The van der Waals surface area contributed by atoms with Gasteiger partial charge in [-0.3, -0.25) is 19.8 Å². The molecule has 1 aliphatic heterocycles. The van der Waals surface area contributed by atoms with Gasteiger partial charge in [-0.25, -0.2) is 9.37 Å². The summed E-state index contributed by atoms with van der Waals surface area (Å²) in [6.07, 6.45) is 3.45. The van der Waals surface area contributed by atoms with E-state index in [1.165, 1.54) is 17.4 Å². The van der Waals surface area contributed by atoms with Crippen molar-refractivity contribution >= 4 is 22.4 Å². The standard InChI is InChI=1S/C23H20FN5OS/c1-13-9-10-17(25-12-13)20-14(2)31-23(26-20)27-22(30)19-18-8-5-11-29(18)28-21(19)15-6-3-4-7-16(15)24/h3-4,6-7,9-10,12H,5,8,11H2,1-2H3,(H,26,27,30). The van der Waals surface area contributed by atoms with Gasteiger partial charge in [0.25, 0.3) is 5.91 Å². The predicted octanol–water partition coefficient (Wildman–Crippen LogP) is 5.02. The van der Waals surface area contributed by atoms with Crippen molar-refractivity contribution in [3.63, 3.8) is 0 Å². The molecule has 5 rings (SSSR count). The Balaban J connectivity index is 1.50. The van der Waals surface area contributed by atoms with Crippen LogP contribution in [0.5, 0.6) is 0 Å². The number of nitrogens with zero attached hydrogens (tertiary/aromatic N) is 4. The summed E-state index contributed by atoms with van der Waals surface area (Å²) in [6.45, 7) is 4.66. The molecule has 1 aromatic carbocycles. The minimum absolute atomic E-state index is 0.321. The van der Waals surface area contributed by atoms with Gasteiger partial charge in [-0.2, -0.15) is 5.10 Å². The summed E-state index contributed by atoms with van der Waals surface area (Å²) in [5, 5.41) is 7.95. The van der Waals surface area contributed by atoms with E-state index in [0.717, 1.165) is 46.9 Å². The zero-order valence-electron chi connectivity index (χ0n) is 17.1. The smallest absolute Gasteiger partial charge is 0.261 e. The van der Waals surface area contributed by atoms with Gasteiger partial charge in [-0.15, -0.1) is 11.3 Å². The number of halogens is 1. The Morgan fingerprint density at radius 2 is 2.00 bits per heavy atom. The maximum Gasteiger partial charge on any atom is 0.261 e. The first-order valence-electron chi connectivity index (χ1n) is 10.1. The Labute approximate surface area is 182 Å². The maximum absolute atomic E-state index is 14.5. The highest BCUT2D eigenvalue weighted by Gasteiger charge is 2.29. The summed E-state index contributed by atoms with van der Waals surface area (Å²) in [7, 11) is 0. The van der Waals surface area contributed by atoms with Crippen LogP contribution in [0.15, 0.2) is 42.6 Å². The van der Waals surface area contributed by atoms with Crippen molar-refractivity contribution in [1.82, 2.24) is 19.7 Å². The third-order valence-electron chi connectivity index (χ3n) is 5.37. The van der Waals surface area contributed by atoms with Crippen LogP contribution in [0.2, 0.25) is 0 Å². The van der Waals surface area contributed by atoms with Crippen LogP contribution in [0.4, 0.5) is 9.52 Å². The summed E-state index contributed by atoms with van der Waals surface area (Å²) in [6, 6.07) is 10.3. The average Bonchev–Trinajstić information content (AvgIpc) is 3.43. The average molecular weight is 434 g/mol. The number of hydrogen-bond donors (Lipinski definition) is 1. The quantitative estimate of drug-likeness (QED) is 0.490. The van der Waals surface area contributed by atoms with E-state index in [9.17, 15) is 9.18 Å².